The molecule has 0 saturated carbocycles. The first kappa shape index (κ1) is 11.5. The van der Waals surface area contributed by atoms with Crippen LogP contribution in [0.3, 0.4) is 0 Å². The SMILES string of the molecule is COCC(=O)N(C)CC1CCCCO1. The maximum Gasteiger partial charge on any atom is 0.248 e. The smallest absolute Gasteiger partial charge is 0.248 e. The summed E-state index contributed by atoms with van der Waals surface area (Å²) in [5, 5.41) is 0. The number of ether oxygens (including phenoxy) is 2. The highest BCUT2D eigenvalue weighted by molar-refractivity contribution is 5.77. The van der Waals surface area contributed by atoms with Crippen LogP contribution in [0.1, 0.15) is 19.3 Å². The van der Waals surface area contributed by atoms with Crippen molar-refractivity contribution < 1.29 is 14.3 Å². The van der Waals surface area contributed by atoms with Crippen molar-refractivity contribution in [2.45, 2.75) is 25.4 Å². The molecular formula is C10H19NO3. The molecule has 0 aromatic rings. The van der Waals surface area contributed by atoms with E-state index >= 15 is 0 Å². The number of rotatable bonds is 4. The average Bonchev–Trinajstić information content (AvgIpc) is 2.19. The topological polar surface area (TPSA) is 38.8 Å². The van der Waals surface area contributed by atoms with Crippen molar-refractivity contribution in [3.63, 3.8) is 0 Å². The number of carbonyl (C=O) groups excluding carboxylic acids is 1. The maximum atomic E-state index is 11.4. The van der Waals surface area contributed by atoms with E-state index in [-0.39, 0.29) is 18.6 Å². The zero-order chi connectivity index (χ0) is 10.4. The zero-order valence-electron chi connectivity index (χ0n) is 8.99. The van der Waals surface area contributed by atoms with Gasteiger partial charge in [-0.15, -0.1) is 0 Å². The average molecular weight is 201 g/mol. The standard InChI is InChI=1S/C10H19NO3/c1-11(10(12)8-13-2)7-9-5-3-4-6-14-9/h9H,3-8H2,1-2H3. The molecule has 0 radical (unpaired) electrons. The largest absolute Gasteiger partial charge is 0.376 e. The van der Waals surface area contributed by atoms with Crippen molar-refractivity contribution >= 4 is 5.91 Å². The van der Waals surface area contributed by atoms with E-state index in [0.29, 0.717) is 6.54 Å². The Kier molecular flexibility index (Phi) is 4.90. The molecule has 0 spiro atoms. The number of amides is 1. The van der Waals surface area contributed by atoms with Gasteiger partial charge >= 0.3 is 0 Å². The second-order valence-corrected chi connectivity index (χ2v) is 3.70. The third kappa shape index (κ3) is 3.64. The van der Waals surface area contributed by atoms with Crippen LogP contribution >= 0.6 is 0 Å². The lowest BCUT2D eigenvalue weighted by Gasteiger charge is -2.27. The molecular weight excluding hydrogens is 182 g/mol. The Morgan fingerprint density at radius 2 is 2.36 bits per heavy atom. The summed E-state index contributed by atoms with van der Waals surface area (Å²) in [5.41, 5.74) is 0. The summed E-state index contributed by atoms with van der Waals surface area (Å²) in [6, 6.07) is 0. The van der Waals surface area contributed by atoms with E-state index in [1.165, 1.54) is 13.5 Å². The van der Waals surface area contributed by atoms with Crippen molar-refractivity contribution in [2.24, 2.45) is 0 Å². The van der Waals surface area contributed by atoms with Gasteiger partial charge in [0.1, 0.15) is 6.61 Å². The summed E-state index contributed by atoms with van der Waals surface area (Å²) in [7, 11) is 3.32. The normalized spacial score (nSPS) is 22.0. The van der Waals surface area contributed by atoms with Crippen molar-refractivity contribution in [1.82, 2.24) is 4.90 Å². The first-order valence-electron chi connectivity index (χ1n) is 5.08. The summed E-state index contributed by atoms with van der Waals surface area (Å²) >= 11 is 0. The highest BCUT2D eigenvalue weighted by Crippen LogP contribution is 2.13. The van der Waals surface area contributed by atoms with Gasteiger partial charge in [0.25, 0.3) is 0 Å². The molecule has 1 aliphatic heterocycles. The van der Waals surface area contributed by atoms with Crippen LogP contribution in [0.4, 0.5) is 0 Å². The minimum absolute atomic E-state index is 0.0154. The van der Waals surface area contributed by atoms with Crippen LogP contribution in [0.15, 0.2) is 0 Å². The van der Waals surface area contributed by atoms with Gasteiger partial charge < -0.3 is 14.4 Å². The number of nitrogens with zero attached hydrogens (tertiary/aromatic N) is 1. The monoisotopic (exact) mass is 201 g/mol. The van der Waals surface area contributed by atoms with E-state index in [1.54, 1.807) is 11.9 Å². The van der Waals surface area contributed by atoms with E-state index in [0.717, 1.165) is 19.4 Å². The predicted molar refractivity (Wildman–Crippen MR) is 53.1 cm³/mol. The Hall–Kier alpha value is -0.610. The molecule has 1 fully saturated rings. The van der Waals surface area contributed by atoms with Gasteiger partial charge in [-0.2, -0.15) is 0 Å². The van der Waals surface area contributed by atoms with Gasteiger partial charge in [-0.1, -0.05) is 0 Å². The van der Waals surface area contributed by atoms with Crippen LogP contribution in [0, 0.1) is 0 Å². The van der Waals surface area contributed by atoms with Gasteiger partial charge in [0.05, 0.1) is 6.10 Å². The van der Waals surface area contributed by atoms with Crippen LogP contribution in [0.25, 0.3) is 0 Å². The molecule has 1 saturated heterocycles. The number of hydrogen-bond acceptors (Lipinski definition) is 3. The maximum absolute atomic E-state index is 11.4. The van der Waals surface area contributed by atoms with E-state index in [1.807, 2.05) is 0 Å². The minimum atomic E-state index is 0.0154. The fraction of sp³-hybridized carbons (Fsp3) is 0.900. The summed E-state index contributed by atoms with van der Waals surface area (Å²) in [5.74, 6) is 0.0154. The Balaban J connectivity index is 2.24. The van der Waals surface area contributed by atoms with E-state index < -0.39 is 0 Å². The quantitative estimate of drug-likeness (QED) is 0.670. The van der Waals surface area contributed by atoms with E-state index in [4.69, 9.17) is 9.47 Å². The molecule has 1 rings (SSSR count). The van der Waals surface area contributed by atoms with Gasteiger partial charge in [0.15, 0.2) is 0 Å². The molecule has 82 valence electrons. The fourth-order valence-corrected chi connectivity index (χ4v) is 1.59. The fourth-order valence-electron chi connectivity index (χ4n) is 1.59. The lowest BCUT2D eigenvalue weighted by atomic mass is 10.1. The van der Waals surface area contributed by atoms with E-state index in [2.05, 4.69) is 0 Å². The number of likely N-dealkylation sites (N-methyl/N-ethyl adjacent to an activating group) is 1. The molecule has 1 aliphatic rings. The molecule has 0 aromatic carbocycles. The summed E-state index contributed by atoms with van der Waals surface area (Å²) in [6.45, 7) is 1.67. The lowest BCUT2D eigenvalue weighted by molar-refractivity contribution is -0.136. The van der Waals surface area contributed by atoms with Crippen molar-refractivity contribution in [2.75, 3.05) is 33.9 Å². The highest BCUT2D eigenvalue weighted by Gasteiger charge is 2.18. The molecule has 1 atom stereocenters. The lowest BCUT2D eigenvalue weighted by Crippen LogP contribution is -2.38. The van der Waals surface area contributed by atoms with Crippen molar-refractivity contribution in [3.05, 3.63) is 0 Å². The first-order valence-corrected chi connectivity index (χ1v) is 5.08. The van der Waals surface area contributed by atoms with Crippen LogP contribution in [0.2, 0.25) is 0 Å². The van der Waals surface area contributed by atoms with Gasteiger partial charge in [-0.25, -0.2) is 0 Å². The van der Waals surface area contributed by atoms with Crippen LogP contribution in [0.5, 0.6) is 0 Å². The third-order valence-corrected chi connectivity index (χ3v) is 2.45. The molecule has 0 aromatic heterocycles. The molecule has 1 heterocycles. The molecule has 1 unspecified atom stereocenters. The van der Waals surface area contributed by atoms with Gasteiger partial charge in [-0.3, -0.25) is 4.79 Å². The summed E-state index contributed by atoms with van der Waals surface area (Å²) < 4.78 is 10.3. The minimum Gasteiger partial charge on any atom is -0.376 e. The molecule has 0 bridgehead atoms. The molecule has 4 heteroatoms. The van der Waals surface area contributed by atoms with Gasteiger partial charge in [0, 0.05) is 27.3 Å². The van der Waals surface area contributed by atoms with Crippen LogP contribution < -0.4 is 0 Å². The number of methoxy groups -OCH3 is 1. The molecule has 0 N–H and O–H groups in total. The van der Waals surface area contributed by atoms with Crippen LogP contribution in [-0.4, -0.2) is 50.8 Å². The van der Waals surface area contributed by atoms with Crippen molar-refractivity contribution in [1.29, 1.82) is 0 Å². The highest BCUT2D eigenvalue weighted by atomic mass is 16.5. The Bertz CT molecular complexity index is 178. The Morgan fingerprint density at radius 1 is 1.57 bits per heavy atom. The first-order chi connectivity index (χ1) is 6.74. The molecule has 14 heavy (non-hydrogen) atoms. The molecule has 4 nitrogen and oxygen atoms in total. The van der Waals surface area contributed by atoms with Gasteiger partial charge in [-0.05, 0) is 19.3 Å². The summed E-state index contributed by atoms with van der Waals surface area (Å²) in [4.78, 5) is 13.0. The summed E-state index contributed by atoms with van der Waals surface area (Å²) in [6.07, 6.45) is 3.63. The number of hydrogen-bond donors (Lipinski definition) is 0. The van der Waals surface area contributed by atoms with Crippen LogP contribution in [-0.2, 0) is 14.3 Å². The second-order valence-electron chi connectivity index (χ2n) is 3.70. The third-order valence-electron chi connectivity index (χ3n) is 2.45. The molecule has 1 amide bonds. The number of carbonyl (C=O) groups is 1. The second kappa shape index (κ2) is 5.98. The van der Waals surface area contributed by atoms with Crippen molar-refractivity contribution in [3.8, 4) is 0 Å². The van der Waals surface area contributed by atoms with Gasteiger partial charge in [0.2, 0.25) is 5.91 Å². The van der Waals surface area contributed by atoms with E-state index in [9.17, 15) is 4.79 Å². The molecule has 0 aliphatic carbocycles. The zero-order valence-corrected chi connectivity index (χ0v) is 8.99. The Labute approximate surface area is 85.2 Å². The predicted octanol–water partition coefficient (Wildman–Crippen LogP) is 0.660. The Morgan fingerprint density at radius 3 is 2.93 bits per heavy atom.